The van der Waals surface area contributed by atoms with Crippen LogP contribution in [0.15, 0.2) is 18.2 Å². The van der Waals surface area contributed by atoms with Gasteiger partial charge in [-0.15, -0.1) is 0 Å². The average Bonchev–Trinajstić information content (AvgIpc) is 2.38. The number of benzene rings is 1. The van der Waals surface area contributed by atoms with Crippen LogP contribution < -0.4 is 10.5 Å². The molecule has 0 saturated carbocycles. The van der Waals surface area contributed by atoms with Gasteiger partial charge in [0.25, 0.3) is 0 Å². The van der Waals surface area contributed by atoms with E-state index in [1.54, 1.807) is 18.2 Å². The first-order valence-corrected chi connectivity index (χ1v) is 6.85. The number of hydrogen-bond donors (Lipinski definition) is 3. The van der Waals surface area contributed by atoms with Gasteiger partial charge in [-0.1, -0.05) is 26.0 Å². The molecule has 19 heavy (non-hydrogen) atoms. The van der Waals surface area contributed by atoms with Gasteiger partial charge in [0.2, 0.25) is 0 Å². The molecular formula is C15H25NO3. The van der Waals surface area contributed by atoms with Gasteiger partial charge in [-0.3, -0.25) is 0 Å². The normalized spacial score (nSPS) is 14.4. The molecule has 0 amide bonds. The number of aromatic hydroxyl groups is 1. The zero-order valence-electron chi connectivity index (χ0n) is 12.0. The summed E-state index contributed by atoms with van der Waals surface area (Å²) < 4.78 is 5.32. The standard InChI is InChI=1S/C15H25NO3/c1-4-19-13-7-5-6-11(15(13)18)14(16)12(17)9-8-10(2)3/h5-7,10,12,14,17-18H,4,8-9,16H2,1-3H3/t12-,14+/m1/s1. The number of phenols is 1. The van der Waals surface area contributed by atoms with Gasteiger partial charge in [0.15, 0.2) is 11.5 Å². The Bertz CT molecular complexity index is 393. The van der Waals surface area contributed by atoms with Gasteiger partial charge in [0.05, 0.1) is 18.8 Å². The van der Waals surface area contributed by atoms with Crippen molar-refractivity contribution in [2.75, 3.05) is 6.61 Å². The topological polar surface area (TPSA) is 75.7 Å². The van der Waals surface area contributed by atoms with Crippen LogP contribution in [0.3, 0.4) is 0 Å². The predicted molar refractivity (Wildman–Crippen MR) is 76.3 cm³/mol. The van der Waals surface area contributed by atoms with E-state index in [1.165, 1.54) is 0 Å². The zero-order valence-corrected chi connectivity index (χ0v) is 12.0. The molecule has 0 spiro atoms. The van der Waals surface area contributed by atoms with E-state index in [0.717, 1.165) is 6.42 Å². The Labute approximate surface area is 115 Å². The molecule has 0 saturated heterocycles. The Hall–Kier alpha value is -1.26. The molecule has 1 aromatic carbocycles. The first-order chi connectivity index (χ1) is 8.97. The van der Waals surface area contributed by atoms with Gasteiger partial charge < -0.3 is 20.7 Å². The Morgan fingerprint density at radius 2 is 1.95 bits per heavy atom. The van der Waals surface area contributed by atoms with Crippen LogP contribution in [0, 0.1) is 5.92 Å². The average molecular weight is 267 g/mol. The third-order valence-corrected chi connectivity index (χ3v) is 3.14. The van der Waals surface area contributed by atoms with Crippen molar-refractivity contribution in [3.8, 4) is 11.5 Å². The van der Waals surface area contributed by atoms with E-state index >= 15 is 0 Å². The van der Waals surface area contributed by atoms with E-state index in [2.05, 4.69) is 13.8 Å². The Balaban J connectivity index is 2.81. The monoisotopic (exact) mass is 267 g/mol. The minimum Gasteiger partial charge on any atom is -0.504 e. The molecule has 2 atom stereocenters. The smallest absolute Gasteiger partial charge is 0.162 e. The van der Waals surface area contributed by atoms with Crippen LogP contribution in [0.2, 0.25) is 0 Å². The Kier molecular flexibility index (Phi) is 6.12. The molecule has 0 aliphatic rings. The van der Waals surface area contributed by atoms with Crippen molar-refractivity contribution in [2.24, 2.45) is 11.7 Å². The fourth-order valence-corrected chi connectivity index (χ4v) is 1.97. The largest absolute Gasteiger partial charge is 0.504 e. The summed E-state index contributed by atoms with van der Waals surface area (Å²) in [5.41, 5.74) is 6.55. The molecule has 0 bridgehead atoms. The molecule has 4 N–H and O–H groups in total. The van der Waals surface area contributed by atoms with Crippen molar-refractivity contribution < 1.29 is 14.9 Å². The first-order valence-electron chi connectivity index (χ1n) is 6.85. The summed E-state index contributed by atoms with van der Waals surface area (Å²) in [5.74, 6) is 0.956. The third kappa shape index (κ3) is 4.40. The van der Waals surface area contributed by atoms with Crippen LogP contribution in [0.5, 0.6) is 11.5 Å². The lowest BCUT2D eigenvalue weighted by Gasteiger charge is -2.21. The highest BCUT2D eigenvalue weighted by Crippen LogP contribution is 2.34. The summed E-state index contributed by atoms with van der Waals surface area (Å²) in [5, 5.41) is 20.2. The van der Waals surface area contributed by atoms with E-state index in [4.69, 9.17) is 10.5 Å². The number of rotatable bonds is 7. The van der Waals surface area contributed by atoms with Crippen molar-refractivity contribution in [2.45, 2.75) is 45.8 Å². The molecule has 0 aromatic heterocycles. The fourth-order valence-electron chi connectivity index (χ4n) is 1.97. The minimum absolute atomic E-state index is 0.0282. The summed E-state index contributed by atoms with van der Waals surface area (Å²) in [6, 6.07) is 4.59. The fraction of sp³-hybridized carbons (Fsp3) is 0.600. The lowest BCUT2D eigenvalue weighted by Crippen LogP contribution is -2.26. The first kappa shape index (κ1) is 15.8. The van der Waals surface area contributed by atoms with Crippen LogP contribution in [0.1, 0.15) is 45.2 Å². The maximum Gasteiger partial charge on any atom is 0.162 e. The van der Waals surface area contributed by atoms with E-state index in [9.17, 15) is 10.2 Å². The molecule has 0 radical (unpaired) electrons. The molecule has 4 nitrogen and oxygen atoms in total. The molecule has 0 heterocycles. The van der Waals surface area contributed by atoms with Gasteiger partial charge in [0, 0.05) is 5.56 Å². The minimum atomic E-state index is -0.662. The number of phenolic OH excluding ortho intramolecular Hbond substituents is 1. The van der Waals surface area contributed by atoms with Crippen LogP contribution in [0.4, 0.5) is 0 Å². The maximum absolute atomic E-state index is 10.1. The number of nitrogens with two attached hydrogens (primary N) is 1. The third-order valence-electron chi connectivity index (χ3n) is 3.14. The summed E-state index contributed by atoms with van der Waals surface area (Å²) in [7, 11) is 0. The molecular weight excluding hydrogens is 242 g/mol. The van der Waals surface area contributed by atoms with E-state index < -0.39 is 12.1 Å². The van der Waals surface area contributed by atoms with Crippen molar-refractivity contribution >= 4 is 0 Å². The van der Waals surface area contributed by atoms with Gasteiger partial charge >= 0.3 is 0 Å². The predicted octanol–water partition coefficient (Wildman–Crippen LogP) is 2.59. The van der Waals surface area contributed by atoms with Crippen molar-refractivity contribution in [3.05, 3.63) is 23.8 Å². The van der Waals surface area contributed by atoms with E-state index in [-0.39, 0.29) is 5.75 Å². The second kappa shape index (κ2) is 7.36. The summed E-state index contributed by atoms with van der Waals surface area (Å²) in [6.07, 6.45) is 0.864. The van der Waals surface area contributed by atoms with Crippen LogP contribution >= 0.6 is 0 Å². The highest BCUT2D eigenvalue weighted by Gasteiger charge is 2.21. The van der Waals surface area contributed by atoms with Crippen LogP contribution in [-0.4, -0.2) is 22.9 Å². The molecule has 0 aliphatic heterocycles. The lowest BCUT2D eigenvalue weighted by molar-refractivity contribution is 0.127. The zero-order chi connectivity index (χ0) is 14.4. The van der Waals surface area contributed by atoms with E-state index in [1.807, 2.05) is 6.92 Å². The van der Waals surface area contributed by atoms with E-state index in [0.29, 0.717) is 30.3 Å². The maximum atomic E-state index is 10.1. The molecule has 0 aliphatic carbocycles. The second-order valence-electron chi connectivity index (χ2n) is 5.19. The number of ether oxygens (including phenoxy) is 1. The van der Waals surface area contributed by atoms with Gasteiger partial charge in [-0.2, -0.15) is 0 Å². The highest BCUT2D eigenvalue weighted by molar-refractivity contribution is 5.47. The van der Waals surface area contributed by atoms with Gasteiger partial charge in [-0.05, 0) is 31.7 Å². The van der Waals surface area contributed by atoms with Gasteiger partial charge in [-0.25, -0.2) is 0 Å². The molecule has 0 fully saturated rings. The lowest BCUT2D eigenvalue weighted by atomic mass is 9.95. The van der Waals surface area contributed by atoms with Crippen LogP contribution in [0.25, 0.3) is 0 Å². The summed E-state index contributed by atoms with van der Waals surface area (Å²) in [6.45, 7) is 6.53. The Morgan fingerprint density at radius 1 is 1.26 bits per heavy atom. The van der Waals surface area contributed by atoms with Crippen molar-refractivity contribution in [1.29, 1.82) is 0 Å². The molecule has 0 unspecified atom stereocenters. The van der Waals surface area contributed by atoms with Crippen molar-refractivity contribution in [1.82, 2.24) is 0 Å². The second-order valence-corrected chi connectivity index (χ2v) is 5.19. The quantitative estimate of drug-likeness (QED) is 0.709. The SMILES string of the molecule is CCOc1cccc([C@H](N)[C@H](O)CCC(C)C)c1O. The number of aliphatic hydroxyl groups is 1. The number of para-hydroxylation sites is 1. The van der Waals surface area contributed by atoms with Crippen molar-refractivity contribution in [3.63, 3.8) is 0 Å². The highest BCUT2D eigenvalue weighted by atomic mass is 16.5. The number of aliphatic hydroxyl groups excluding tert-OH is 1. The molecule has 1 aromatic rings. The Morgan fingerprint density at radius 3 is 2.53 bits per heavy atom. The van der Waals surface area contributed by atoms with Gasteiger partial charge in [0.1, 0.15) is 0 Å². The molecule has 1 rings (SSSR count). The number of hydrogen-bond acceptors (Lipinski definition) is 4. The molecule has 108 valence electrons. The summed E-state index contributed by atoms with van der Waals surface area (Å²) >= 11 is 0. The van der Waals surface area contributed by atoms with Crippen LogP contribution in [-0.2, 0) is 0 Å². The molecule has 4 heteroatoms. The summed E-state index contributed by atoms with van der Waals surface area (Å²) in [4.78, 5) is 0.